The monoisotopic (exact) mass is 227 g/mol. The molecule has 0 rings (SSSR count). The van der Waals surface area contributed by atoms with E-state index >= 15 is 0 Å². The molecular weight excluding hydrogens is 194 g/mol. The quantitative estimate of drug-likeness (QED) is 0.612. The van der Waals surface area contributed by atoms with Crippen molar-refractivity contribution in [3.63, 3.8) is 0 Å². The van der Waals surface area contributed by atoms with Gasteiger partial charge in [-0.15, -0.1) is 0 Å². The van der Waals surface area contributed by atoms with Crippen LogP contribution in [0.25, 0.3) is 0 Å². The van der Waals surface area contributed by atoms with Crippen LogP contribution in [0.1, 0.15) is 67.2 Å². The number of rotatable bonds is 9. The average Bonchev–Trinajstić information content (AvgIpc) is 2.17. The standard InChI is InChI=1S/C15H33N/c1-7-9-14(10-8-2)16-11-15(12(3)4)13(5)6/h12-16H,7-11H2,1-6H3. The normalized spacial score (nSPS) is 12.4. The third-order valence-corrected chi connectivity index (χ3v) is 3.63. The van der Waals surface area contributed by atoms with E-state index in [0.717, 1.165) is 23.8 Å². The van der Waals surface area contributed by atoms with Crippen molar-refractivity contribution in [2.75, 3.05) is 6.54 Å². The van der Waals surface area contributed by atoms with E-state index in [4.69, 9.17) is 0 Å². The summed E-state index contributed by atoms with van der Waals surface area (Å²) in [5, 5.41) is 3.78. The van der Waals surface area contributed by atoms with E-state index in [0.29, 0.717) is 0 Å². The molecule has 0 aliphatic rings. The molecule has 0 radical (unpaired) electrons. The number of hydrogen-bond donors (Lipinski definition) is 1. The first-order valence-corrected chi connectivity index (χ1v) is 7.26. The summed E-state index contributed by atoms with van der Waals surface area (Å²) in [6.45, 7) is 15.2. The molecular formula is C15H33N. The van der Waals surface area contributed by atoms with Gasteiger partial charge in [0, 0.05) is 6.04 Å². The van der Waals surface area contributed by atoms with E-state index in [1.165, 1.54) is 32.2 Å². The Morgan fingerprint density at radius 3 is 1.56 bits per heavy atom. The maximum Gasteiger partial charge on any atom is 0.00669 e. The summed E-state index contributed by atoms with van der Waals surface area (Å²) >= 11 is 0. The zero-order valence-corrected chi connectivity index (χ0v) is 12.3. The third kappa shape index (κ3) is 6.52. The van der Waals surface area contributed by atoms with Crippen molar-refractivity contribution in [2.45, 2.75) is 73.3 Å². The highest BCUT2D eigenvalue weighted by atomic mass is 14.9. The fraction of sp³-hybridized carbons (Fsp3) is 1.00. The van der Waals surface area contributed by atoms with E-state index in [-0.39, 0.29) is 0 Å². The molecule has 0 aliphatic heterocycles. The lowest BCUT2D eigenvalue weighted by Gasteiger charge is -2.28. The van der Waals surface area contributed by atoms with Gasteiger partial charge >= 0.3 is 0 Å². The minimum absolute atomic E-state index is 0.745. The second-order valence-corrected chi connectivity index (χ2v) is 5.83. The molecule has 0 atom stereocenters. The highest BCUT2D eigenvalue weighted by Gasteiger charge is 2.18. The van der Waals surface area contributed by atoms with E-state index in [1.54, 1.807) is 0 Å². The lowest BCUT2D eigenvalue weighted by Crippen LogP contribution is -2.36. The van der Waals surface area contributed by atoms with Crippen LogP contribution in [0.4, 0.5) is 0 Å². The summed E-state index contributed by atoms with van der Waals surface area (Å²) in [6.07, 6.45) is 5.25. The SMILES string of the molecule is CCCC(CCC)NCC(C(C)C)C(C)C. The summed E-state index contributed by atoms with van der Waals surface area (Å²) < 4.78 is 0. The molecule has 0 aromatic heterocycles. The summed E-state index contributed by atoms with van der Waals surface area (Å²) in [7, 11) is 0. The third-order valence-electron chi connectivity index (χ3n) is 3.63. The van der Waals surface area contributed by atoms with Gasteiger partial charge in [-0.1, -0.05) is 54.4 Å². The topological polar surface area (TPSA) is 12.0 Å². The van der Waals surface area contributed by atoms with E-state index in [9.17, 15) is 0 Å². The van der Waals surface area contributed by atoms with Crippen LogP contribution >= 0.6 is 0 Å². The Balaban J connectivity index is 4.04. The lowest BCUT2D eigenvalue weighted by atomic mass is 9.85. The van der Waals surface area contributed by atoms with Gasteiger partial charge in [-0.25, -0.2) is 0 Å². The molecule has 0 saturated heterocycles. The maximum absolute atomic E-state index is 3.78. The van der Waals surface area contributed by atoms with Gasteiger partial charge in [0.2, 0.25) is 0 Å². The highest BCUT2D eigenvalue weighted by Crippen LogP contribution is 2.20. The van der Waals surface area contributed by atoms with Gasteiger partial charge in [0.15, 0.2) is 0 Å². The Labute approximate surface area is 103 Å². The lowest BCUT2D eigenvalue weighted by molar-refractivity contribution is 0.259. The van der Waals surface area contributed by atoms with Gasteiger partial charge in [0.25, 0.3) is 0 Å². The maximum atomic E-state index is 3.78. The molecule has 0 bridgehead atoms. The van der Waals surface area contributed by atoms with Crippen molar-refractivity contribution in [3.8, 4) is 0 Å². The largest absolute Gasteiger partial charge is 0.314 e. The van der Waals surface area contributed by atoms with Gasteiger partial charge in [-0.05, 0) is 37.1 Å². The van der Waals surface area contributed by atoms with Gasteiger partial charge in [-0.2, -0.15) is 0 Å². The van der Waals surface area contributed by atoms with E-state index in [1.807, 2.05) is 0 Å². The van der Waals surface area contributed by atoms with Gasteiger partial charge in [-0.3, -0.25) is 0 Å². The van der Waals surface area contributed by atoms with Crippen LogP contribution in [-0.4, -0.2) is 12.6 Å². The highest BCUT2D eigenvalue weighted by molar-refractivity contribution is 4.73. The van der Waals surface area contributed by atoms with Crippen molar-refractivity contribution < 1.29 is 0 Å². The smallest absolute Gasteiger partial charge is 0.00669 e. The summed E-state index contributed by atoms with van der Waals surface area (Å²) in [6, 6.07) is 0.745. The van der Waals surface area contributed by atoms with E-state index in [2.05, 4.69) is 46.9 Å². The Morgan fingerprint density at radius 1 is 0.812 bits per heavy atom. The van der Waals surface area contributed by atoms with Crippen molar-refractivity contribution >= 4 is 0 Å². The minimum atomic E-state index is 0.745. The molecule has 0 aromatic rings. The van der Waals surface area contributed by atoms with Gasteiger partial charge < -0.3 is 5.32 Å². The van der Waals surface area contributed by atoms with Crippen LogP contribution in [-0.2, 0) is 0 Å². The van der Waals surface area contributed by atoms with E-state index < -0.39 is 0 Å². The molecule has 0 saturated carbocycles. The predicted octanol–water partition coefficient (Wildman–Crippen LogP) is 4.47. The molecule has 1 N–H and O–H groups in total. The summed E-state index contributed by atoms with van der Waals surface area (Å²) in [5.74, 6) is 2.39. The Kier molecular flexibility index (Phi) is 9.02. The summed E-state index contributed by atoms with van der Waals surface area (Å²) in [5.41, 5.74) is 0. The first-order chi connectivity index (χ1) is 7.52. The molecule has 0 aromatic carbocycles. The molecule has 0 spiro atoms. The number of nitrogens with one attached hydrogen (secondary N) is 1. The van der Waals surface area contributed by atoms with Crippen LogP contribution in [0, 0.1) is 17.8 Å². The van der Waals surface area contributed by atoms with Crippen LogP contribution in [0.2, 0.25) is 0 Å². The van der Waals surface area contributed by atoms with Crippen LogP contribution in [0.5, 0.6) is 0 Å². The summed E-state index contributed by atoms with van der Waals surface area (Å²) in [4.78, 5) is 0. The molecule has 0 fully saturated rings. The Hall–Kier alpha value is -0.0400. The minimum Gasteiger partial charge on any atom is -0.314 e. The zero-order chi connectivity index (χ0) is 12.6. The first-order valence-electron chi connectivity index (χ1n) is 7.26. The van der Waals surface area contributed by atoms with Crippen LogP contribution in [0.15, 0.2) is 0 Å². The molecule has 1 nitrogen and oxygen atoms in total. The van der Waals surface area contributed by atoms with Gasteiger partial charge in [0.05, 0.1) is 0 Å². The molecule has 0 unspecified atom stereocenters. The fourth-order valence-electron chi connectivity index (χ4n) is 2.59. The predicted molar refractivity (Wildman–Crippen MR) is 74.8 cm³/mol. The molecule has 16 heavy (non-hydrogen) atoms. The van der Waals surface area contributed by atoms with Gasteiger partial charge in [0.1, 0.15) is 0 Å². The molecule has 0 amide bonds. The number of hydrogen-bond acceptors (Lipinski definition) is 1. The Morgan fingerprint density at radius 2 is 1.25 bits per heavy atom. The van der Waals surface area contributed by atoms with Crippen molar-refractivity contribution in [3.05, 3.63) is 0 Å². The van der Waals surface area contributed by atoms with Crippen LogP contribution in [0.3, 0.4) is 0 Å². The molecule has 1 heteroatoms. The van der Waals surface area contributed by atoms with Crippen molar-refractivity contribution in [1.82, 2.24) is 5.32 Å². The van der Waals surface area contributed by atoms with Crippen LogP contribution < -0.4 is 5.32 Å². The first kappa shape index (κ1) is 16.0. The molecule has 98 valence electrons. The Bertz CT molecular complexity index is 138. The average molecular weight is 227 g/mol. The van der Waals surface area contributed by atoms with Crippen molar-refractivity contribution in [2.24, 2.45) is 17.8 Å². The molecule has 0 aliphatic carbocycles. The fourth-order valence-corrected chi connectivity index (χ4v) is 2.59. The second-order valence-electron chi connectivity index (χ2n) is 5.83. The van der Waals surface area contributed by atoms with Crippen molar-refractivity contribution in [1.29, 1.82) is 0 Å². The zero-order valence-electron chi connectivity index (χ0n) is 12.3. The second kappa shape index (κ2) is 9.04. The molecule has 0 heterocycles.